The van der Waals surface area contributed by atoms with Gasteiger partial charge in [0, 0.05) is 12.0 Å². The summed E-state index contributed by atoms with van der Waals surface area (Å²) in [7, 11) is -6.75. The van der Waals surface area contributed by atoms with Crippen molar-refractivity contribution in [3.8, 4) is 0 Å². The predicted octanol–water partition coefficient (Wildman–Crippen LogP) is 4.07. The molecule has 0 fully saturated rings. The number of unbranched alkanes of at least 4 members (excludes halogenated alkanes) is 1. The summed E-state index contributed by atoms with van der Waals surface area (Å²) in [5.74, 6) is -13.7. The average molecular weight is 553 g/mol. The number of halogens is 7. The average Bonchev–Trinajstić information content (AvgIpc) is 2.75. The van der Waals surface area contributed by atoms with Crippen molar-refractivity contribution in [2.24, 2.45) is 0 Å². The van der Waals surface area contributed by atoms with Gasteiger partial charge in [-0.2, -0.15) is 30.7 Å². The van der Waals surface area contributed by atoms with E-state index in [1.54, 1.807) is 6.07 Å². The Labute approximate surface area is 200 Å². The highest BCUT2D eigenvalue weighted by Crippen LogP contribution is 2.42. The molecule has 0 spiro atoms. The minimum Gasteiger partial charge on any atom is -0.743 e. The van der Waals surface area contributed by atoms with E-state index in [2.05, 4.69) is 20.8 Å². The number of carbonyl (C=O) groups excluding carboxylic acids is 2. The van der Waals surface area contributed by atoms with Crippen LogP contribution >= 0.6 is 0 Å². The molecule has 1 aromatic rings. The maximum atomic E-state index is 13.9. The van der Waals surface area contributed by atoms with Crippen molar-refractivity contribution in [3.05, 3.63) is 48.0 Å². The molecular formula is C20H20F7O8S-. The van der Waals surface area contributed by atoms with E-state index in [0.29, 0.717) is 0 Å². The van der Waals surface area contributed by atoms with Gasteiger partial charge in [-0.25, -0.2) is 18.0 Å². The molecular weight excluding hydrogens is 533 g/mol. The van der Waals surface area contributed by atoms with E-state index >= 15 is 0 Å². The largest absolute Gasteiger partial charge is 0.743 e. The summed E-state index contributed by atoms with van der Waals surface area (Å²) < 4.78 is 139. The Bertz CT molecular complexity index is 1040. The quantitative estimate of drug-likeness (QED) is 0.0896. The smallest absolute Gasteiger partial charge is 0.468 e. The summed E-state index contributed by atoms with van der Waals surface area (Å²) >= 11 is 0. The zero-order chi connectivity index (χ0) is 28.0. The molecule has 0 N–H and O–H groups in total. The summed E-state index contributed by atoms with van der Waals surface area (Å²) in [4.78, 5) is 24.2. The molecule has 0 aliphatic carbocycles. The Hall–Kier alpha value is -2.72. The number of hydrogen-bond donors (Lipinski definition) is 0. The zero-order valence-corrected chi connectivity index (χ0v) is 19.3. The lowest BCUT2D eigenvalue weighted by Gasteiger charge is -2.32. The highest BCUT2D eigenvalue weighted by molar-refractivity contribution is 7.86. The summed E-state index contributed by atoms with van der Waals surface area (Å²) in [5.41, 5.74) is -0.339. The van der Waals surface area contributed by atoms with Gasteiger partial charge in [0.15, 0.2) is 10.1 Å². The molecule has 1 unspecified atom stereocenters. The summed E-state index contributed by atoms with van der Waals surface area (Å²) in [6.07, 6.45) is -9.67. The van der Waals surface area contributed by atoms with E-state index in [1.165, 1.54) is 24.3 Å². The van der Waals surface area contributed by atoms with Crippen molar-refractivity contribution in [2.45, 2.75) is 55.9 Å². The molecule has 36 heavy (non-hydrogen) atoms. The first-order valence-corrected chi connectivity index (χ1v) is 11.2. The number of ether oxygens (including phenoxy) is 3. The molecule has 0 saturated heterocycles. The molecule has 0 radical (unpaired) electrons. The predicted molar refractivity (Wildman–Crippen MR) is 105 cm³/mol. The third-order valence-electron chi connectivity index (χ3n) is 4.37. The van der Waals surface area contributed by atoms with E-state index < -0.39 is 83.2 Å². The van der Waals surface area contributed by atoms with Crippen LogP contribution in [0, 0.1) is 0 Å². The minimum absolute atomic E-state index is 0.240. The first-order chi connectivity index (χ1) is 16.3. The lowest BCUT2D eigenvalue weighted by atomic mass is 10.1. The normalized spacial score (nSPS) is 14.6. The SMILES string of the molecule is C=C(C)C(=O)OC(OCCCCC(F)(F)C(F)(F)S(=O)(=O)[O-])(C(=O)OCc1ccccc1)C(F)(F)F. The van der Waals surface area contributed by atoms with Crippen molar-refractivity contribution in [1.82, 2.24) is 0 Å². The second-order valence-electron chi connectivity index (χ2n) is 7.33. The second-order valence-corrected chi connectivity index (χ2v) is 8.75. The van der Waals surface area contributed by atoms with E-state index in [-0.39, 0.29) is 5.56 Å². The molecule has 1 rings (SSSR count). The molecule has 0 bridgehead atoms. The fourth-order valence-corrected chi connectivity index (χ4v) is 2.88. The van der Waals surface area contributed by atoms with Gasteiger partial charge in [0.25, 0.3) is 0 Å². The van der Waals surface area contributed by atoms with Crippen LogP contribution in [0.1, 0.15) is 31.7 Å². The number of benzene rings is 1. The molecule has 1 aromatic carbocycles. The second kappa shape index (κ2) is 11.6. The van der Waals surface area contributed by atoms with Crippen LogP contribution in [0.25, 0.3) is 0 Å². The monoisotopic (exact) mass is 553 g/mol. The van der Waals surface area contributed by atoms with Gasteiger partial charge in [-0.15, -0.1) is 0 Å². The van der Waals surface area contributed by atoms with Gasteiger partial charge in [0.1, 0.15) is 6.61 Å². The lowest BCUT2D eigenvalue weighted by Crippen LogP contribution is -2.58. The first-order valence-electron chi connectivity index (χ1n) is 9.80. The first kappa shape index (κ1) is 31.3. The number of rotatable bonds is 13. The van der Waals surface area contributed by atoms with Crippen LogP contribution in [0.4, 0.5) is 30.7 Å². The van der Waals surface area contributed by atoms with Crippen LogP contribution < -0.4 is 0 Å². The third kappa shape index (κ3) is 7.39. The summed E-state index contributed by atoms with van der Waals surface area (Å²) in [6, 6.07) is 7.31. The molecule has 16 heteroatoms. The highest BCUT2D eigenvalue weighted by atomic mass is 32.2. The molecule has 0 aliphatic rings. The molecule has 0 heterocycles. The van der Waals surface area contributed by atoms with E-state index in [4.69, 9.17) is 0 Å². The maximum Gasteiger partial charge on any atom is 0.468 e. The van der Waals surface area contributed by atoms with E-state index in [1.807, 2.05) is 0 Å². The summed E-state index contributed by atoms with van der Waals surface area (Å²) in [5, 5.41) is -5.98. The fourth-order valence-electron chi connectivity index (χ4n) is 2.41. The Balaban J connectivity index is 3.04. The standard InChI is InChI=1S/C20H21F7O8S/c1-13(2)15(28)35-18(19(23,24)25,16(29)33-12-14-8-4-3-5-9-14)34-11-7-6-10-17(21,22)20(26,27)36(30,31)32/h3-5,8-9H,1,6-7,10-12H2,2H3,(H,30,31,32)/p-1. The highest BCUT2D eigenvalue weighted by Gasteiger charge is 2.68. The molecule has 8 nitrogen and oxygen atoms in total. The molecule has 0 aliphatic heterocycles. The van der Waals surface area contributed by atoms with Crippen LogP contribution in [-0.2, 0) is 40.5 Å². The molecule has 0 amide bonds. The Morgan fingerprint density at radius 2 is 1.56 bits per heavy atom. The van der Waals surface area contributed by atoms with Gasteiger partial charge in [-0.1, -0.05) is 36.9 Å². The maximum absolute atomic E-state index is 13.9. The van der Waals surface area contributed by atoms with Crippen molar-refractivity contribution in [3.63, 3.8) is 0 Å². The third-order valence-corrected chi connectivity index (χ3v) is 5.30. The fraction of sp³-hybridized carbons (Fsp3) is 0.500. The lowest BCUT2D eigenvalue weighted by molar-refractivity contribution is -0.355. The van der Waals surface area contributed by atoms with Gasteiger partial charge in [-0.3, -0.25) is 0 Å². The van der Waals surface area contributed by atoms with Crippen molar-refractivity contribution >= 4 is 22.1 Å². The number of esters is 2. The van der Waals surface area contributed by atoms with Gasteiger partial charge in [0.2, 0.25) is 0 Å². The van der Waals surface area contributed by atoms with Crippen LogP contribution in [0.5, 0.6) is 0 Å². The Morgan fingerprint density at radius 1 is 1.00 bits per heavy atom. The zero-order valence-electron chi connectivity index (χ0n) is 18.4. The van der Waals surface area contributed by atoms with Crippen LogP contribution in [-0.4, -0.2) is 54.7 Å². The van der Waals surface area contributed by atoms with E-state index in [9.17, 15) is 53.3 Å². The van der Waals surface area contributed by atoms with Crippen molar-refractivity contribution in [1.29, 1.82) is 0 Å². The van der Waals surface area contributed by atoms with Gasteiger partial charge < -0.3 is 18.8 Å². The Morgan fingerprint density at radius 3 is 2.03 bits per heavy atom. The van der Waals surface area contributed by atoms with Crippen LogP contribution in [0.15, 0.2) is 42.5 Å². The van der Waals surface area contributed by atoms with Gasteiger partial charge >= 0.3 is 35.1 Å². The number of alkyl halides is 7. The van der Waals surface area contributed by atoms with Crippen LogP contribution in [0.2, 0.25) is 0 Å². The number of carbonyl (C=O) groups is 2. The van der Waals surface area contributed by atoms with Crippen molar-refractivity contribution < 1.29 is 67.5 Å². The molecule has 1 atom stereocenters. The van der Waals surface area contributed by atoms with Crippen LogP contribution in [0.3, 0.4) is 0 Å². The topological polar surface area (TPSA) is 119 Å². The molecule has 204 valence electrons. The van der Waals surface area contributed by atoms with Crippen molar-refractivity contribution in [2.75, 3.05) is 6.61 Å². The minimum atomic E-state index is -6.75. The Kier molecular flexibility index (Phi) is 10.1. The molecule has 0 saturated carbocycles. The van der Waals surface area contributed by atoms with Gasteiger partial charge in [-0.05, 0) is 25.3 Å². The van der Waals surface area contributed by atoms with Gasteiger partial charge in [0.05, 0.1) is 6.61 Å². The van der Waals surface area contributed by atoms with E-state index in [0.717, 1.165) is 6.92 Å². The number of hydrogen-bond acceptors (Lipinski definition) is 8. The molecule has 0 aromatic heterocycles. The summed E-state index contributed by atoms with van der Waals surface area (Å²) in [6.45, 7) is 2.04.